The summed E-state index contributed by atoms with van der Waals surface area (Å²) in [5.74, 6) is 2.29. The SMILES string of the molecule is COc1ccc(C(Br)C2CCCCC2(C)C)c(OC)c1Br. The number of halogens is 2. The van der Waals surface area contributed by atoms with Gasteiger partial charge in [0.05, 0.1) is 14.2 Å². The highest BCUT2D eigenvalue weighted by atomic mass is 79.9. The summed E-state index contributed by atoms with van der Waals surface area (Å²) in [4.78, 5) is 0.296. The van der Waals surface area contributed by atoms with E-state index < -0.39 is 0 Å². The van der Waals surface area contributed by atoms with Crippen LogP contribution in [-0.2, 0) is 0 Å². The van der Waals surface area contributed by atoms with Gasteiger partial charge in [0, 0.05) is 10.4 Å². The third kappa shape index (κ3) is 3.42. The van der Waals surface area contributed by atoms with E-state index in [1.54, 1.807) is 14.2 Å². The molecule has 0 N–H and O–H groups in total. The maximum atomic E-state index is 5.64. The minimum absolute atomic E-state index is 0.296. The van der Waals surface area contributed by atoms with Gasteiger partial charge in [-0.3, -0.25) is 0 Å². The van der Waals surface area contributed by atoms with Gasteiger partial charge in [-0.1, -0.05) is 48.7 Å². The fraction of sp³-hybridized carbons (Fsp3) is 0.647. The van der Waals surface area contributed by atoms with E-state index in [-0.39, 0.29) is 0 Å². The van der Waals surface area contributed by atoms with Crippen LogP contribution in [0.15, 0.2) is 16.6 Å². The lowest BCUT2D eigenvalue weighted by atomic mass is 9.66. The number of hydrogen-bond acceptors (Lipinski definition) is 2. The zero-order chi connectivity index (χ0) is 15.6. The van der Waals surface area contributed by atoms with Gasteiger partial charge in [0.1, 0.15) is 16.0 Å². The molecule has 0 bridgehead atoms. The minimum atomic E-state index is 0.296. The zero-order valence-electron chi connectivity index (χ0n) is 13.2. The van der Waals surface area contributed by atoms with Crippen molar-refractivity contribution in [2.75, 3.05) is 14.2 Å². The van der Waals surface area contributed by atoms with Crippen LogP contribution in [0, 0.1) is 11.3 Å². The van der Waals surface area contributed by atoms with Crippen molar-refractivity contribution in [1.29, 1.82) is 0 Å². The second-order valence-electron chi connectivity index (χ2n) is 6.45. The Balaban J connectivity index is 2.38. The normalized spacial score (nSPS) is 22.7. The number of methoxy groups -OCH3 is 2. The molecule has 0 saturated heterocycles. The molecule has 2 rings (SSSR count). The highest BCUT2D eigenvalue weighted by Gasteiger charge is 2.38. The molecule has 118 valence electrons. The van der Waals surface area contributed by atoms with Gasteiger partial charge in [-0.25, -0.2) is 0 Å². The number of ether oxygens (including phenoxy) is 2. The van der Waals surface area contributed by atoms with Crippen LogP contribution in [0.3, 0.4) is 0 Å². The molecule has 0 heterocycles. The molecule has 0 aromatic heterocycles. The van der Waals surface area contributed by atoms with Gasteiger partial charge < -0.3 is 9.47 Å². The quantitative estimate of drug-likeness (QED) is 0.547. The molecule has 1 fully saturated rings. The summed E-state index contributed by atoms with van der Waals surface area (Å²) >= 11 is 7.56. The summed E-state index contributed by atoms with van der Waals surface area (Å²) < 4.78 is 11.9. The fourth-order valence-corrected chi connectivity index (χ4v) is 5.44. The summed E-state index contributed by atoms with van der Waals surface area (Å²) in [7, 11) is 3.39. The van der Waals surface area contributed by atoms with Crippen molar-refractivity contribution in [3.05, 3.63) is 22.2 Å². The molecule has 21 heavy (non-hydrogen) atoms. The first kappa shape index (κ1) is 17.1. The largest absolute Gasteiger partial charge is 0.495 e. The van der Waals surface area contributed by atoms with Crippen molar-refractivity contribution in [3.8, 4) is 11.5 Å². The Morgan fingerprint density at radius 1 is 1.19 bits per heavy atom. The third-order valence-electron chi connectivity index (χ3n) is 4.76. The molecule has 2 atom stereocenters. The minimum Gasteiger partial charge on any atom is -0.495 e. The number of alkyl halides is 1. The van der Waals surface area contributed by atoms with E-state index in [1.807, 2.05) is 6.07 Å². The van der Waals surface area contributed by atoms with Crippen molar-refractivity contribution in [3.63, 3.8) is 0 Å². The summed E-state index contributed by atoms with van der Waals surface area (Å²) in [5, 5.41) is 0. The van der Waals surface area contributed by atoms with Crippen LogP contribution in [0.4, 0.5) is 0 Å². The van der Waals surface area contributed by atoms with Gasteiger partial charge in [0.25, 0.3) is 0 Å². The molecule has 1 aromatic rings. The molecule has 1 aliphatic rings. The van der Waals surface area contributed by atoms with Gasteiger partial charge >= 0.3 is 0 Å². The average Bonchev–Trinajstić information content (AvgIpc) is 2.45. The van der Waals surface area contributed by atoms with Crippen LogP contribution < -0.4 is 9.47 Å². The maximum Gasteiger partial charge on any atom is 0.141 e. The van der Waals surface area contributed by atoms with Crippen molar-refractivity contribution < 1.29 is 9.47 Å². The van der Waals surface area contributed by atoms with Crippen molar-refractivity contribution in [2.24, 2.45) is 11.3 Å². The number of benzene rings is 1. The number of rotatable bonds is 4. The van der Waals surface area contributed by atoms with Crippen molar-refractivity contribution in [1.82, 2.24) is 0 Å². The van der Waals surface area contributed by atoms with Crippen LogP contribution in [0.2, 0.25) is 0 Å². The van der Waals surface area contributed by atoms with E-state index in [0.29, 0.717) is 16.2 Å². The van der Waals surface area contributed by atoms with Gasteiger partial charge in [-0.15, -0.1) is 0 Å². The first-order valence-corrected chi connectivity index (χ1v) is 9.17. The van der Waals surface area contributed by atoms with Gasteiger partial charge in [-0.05, 0) is 46.2 Å². The highest BCUT2D eigenvalue weighted by molar-refractivity contribution is 9.10. The second-order valence-corrected chi connectivity index (χ2v) is 8.23. The van der Waals surface area contributed by atoms with E-state index in [0.717, 1.165) is 16.0 Å². The molecular weight excluding hydrogens is 396 g/mol. The Morgan fingerprint density at radius 2 is 1.90 bits per heavy atom. The maximum absolute atomic E-state index is 5.64. The molecule has 0 aliphatic heterocycles. The third-order valence-corrected chi connectivity index (χ3v) is 6.64. The lowest BCUT2D eigenvalue weighted by Crippen LogP contribution is -2.30. The standard InChI is InChI=1S/C17H24Br2O2/c1-17(2)10-6-5-7-12(17)14(18)11-8-9-13(20-3)15(19)16(11)21-4/h8-9,12,14H,5-7,10H2,1-4H3. The molecule has 0 spiro atoms. The Hall–Kier alpha value is -0.220. The van der Waals surface area contributed by atoms with Gasteiger partial charge in [0.2, 0.25) is 0 Å². The predicted molar refractivity (Wildman–Crippen MR) is 94.7 cm³/mol. The van der Waals surface area contributed by atoms with E-state index in [4.69, 9.17) is 9.47 Å². The lowest BCUT2D eigenvalue weighted by Gasteiger charge is -2.42. The molecule has 2 nitrogen and oxygen atoms in total. The molecule has 0 radical (unpaired) electrons. The van der Waals surface area contributed by atoms with Gasteiger partial charge in [-0.2, -0.15) is 0 Å². The topological polar surface area (TPSA) is 18.5 Å². The van der Waals surface area contributed by atoms with Crippen LogP contribution in [0.5, 0.6) is 11.5 Å². The molecule has 2 unspecified atom stereocenters. The average molecular weight is 420 g/mol. The Bertz CT molecular complexity index is 500. The first-order valence-electron chi connectivity index (χ1n) is 7.47. The lowest BCUT2D eigenvalue weighted by molar-refractivity contribution is 0.136. The van der Waals surface area contributed by atoms with Crippen LogP contribution in [0.25, 0.3) is 0 Å². The van der Waals surface area contributed by atoms with E-state index in [9.17, 15) is 0 Å². The van der Waals surface area contributed by atoms with Crippen molar-refractivity contribution in [2.45, 2.75) is 44.4 Å². The van der Waals surface area contributed by atoms with E-state index in [1.165, 1.54) is 31.2 Å². The summed E-state index contributed by atoms with van der Waals surface area (Å²) in [6.07, 6.45) is 5.21. The van der Waals surface area contributed by atoms with Crippen LogP contribution >= 0.6 is 31.9 Å². The summed E-state index contributed by atoms with van der Waals surface area (Å²) in [6.45, 7) is 4.77. The Kier molecular flexibility index (Phi) is 5.64. The molecule has 1 aromatic carbocycles. The predicted octanol–water partition coefficient (Wildman–Crippen LogP) is 6.12. The van der Waals surface area contributed by atoms with Crippen molar-refractivity contribution >= 4 is 31.9 Å². The Morgan fingerprint density at radius 3 is 2.48 bits per heavy atom. The zero-order valence-corrected chi connectivity index (χ0v) is 16.4. The second kappa shape index (κ2) is 6.91. The monoisotopic (exact) mass is 418 g/mol. The molecule has 4 heteroatoms. The summed E-state index contributed by atoms with van der Waals surface area (Å²) in [5.41, 5.74) is 1.55. The molecule has 0 amide bonds. The van der Waals surface area contributed by atoms with Crippen LogP contribution in [0.1, 0.15) is 49.9 Å². The molecular formula is C17H24Br2O2. The smallest absolute Gasteiger partial charge is 0.141 e. The van der Waals surface area contributed by atoms with E-state index >= 15 is 0 Å². The highest BCUT2D eigenvalue weighted by Crippen LogP contribution is 2.53. The summed E-state index contributed by atoms with van der Waals surface area (Å²) in [6, 6.07) is 4.12. The first-order chi connectivity index (χ1) is 9.92. The number of hydrogen-bond donors (Lipinski definition) is 0. The Labute approximate surface area is 144 Å². The fourth-order valence-electron chi connectivity index (χ4n) is 3.42. The van der Waals surface area contributed by atoms with Gasteiger partial charge in [0.15, 0.2) is 0 Å². The molecule has 1 aliphatic carbocycles. The van der Waals surface area contributed by atoms with Crippen LogP contribution in [-0.4, -0.2) is 14.2 Å². The van der Waals surface area contributed by atoms with E-state index in [2.05, 4.69) is 51.8 Å². The molecule has 1 saturated carbocycles.